The van der Waals surface area contributed by atoms with Gasteiger partial charge < -0.3 is 9.32 Å². The summed E-state index contributed by atoms with van der Waals surface area (Å²) in [7, 11) is 0. The van der Waals surface area contributed by atoms with Crippen LogP contribution in [0.15, 0.2) is 53.1 Å². The first-order valence-electron chi connectivity index (χ1n) is 8.43. The van der Waals surface area contributed by atoms with E-state index in [-0.39, 0.29) is 17.5 Å². The largest absolute Gasteiger partial charge is 0.459 e. The molecule has 126 valence electrons. The summed E-state index contributed by atoms with van der Waals surface area (Å²) in [6, 6.07) is 12.4. The Morgan fingerprint density at radius 1 is 1.12 bits per heavy atom. The van der Waals surface area contributed by atoms with Crippen LogP contribution in [0.5, 0.6) is 0 Å². The quantitative estimate of drug-likeness (QED) is 0.819. The number of amides is 1. The number of nitrogens with one attached hydrogen (secondary N) is 2. The van der Waals surface area contributed by atoms with Crippen LogP contribution in [0.1, 0.15) is 40.7 Å². The average Bonchev–Trinajstić information content (AvgIpc) is 3.15. The maximum atomic E-state index is 13.0. The first-order valence-corrected chi connectivity index (χ1v) is 8.43. The van der Waals surface area contributed by atoms with E-state index in [0.29, 0.717) is 11.5 Å². The molecule has 0 spiro atoms. The molecule has 3 rings (SSSR count). The Balaban J connectivity index is 1.80. The van der Waals surface area contributed by atoms with Gasteiger partial charge in [-0.05, 0) is 30.9 Å². The molecule has 0 radical (unpaired) electrons. The van der Waals surface area contributed by atoms with E-state index < -0.39 is 6.17 Å². The lowest BCUT2D eigenvalue weighted by atomic mass is 9.97. The van der Waals surface area contributed by atoms with E-state index >= 15 is 0 Å². The second kappa shape index (κ2) is 7.45. The Labute approximate surface area is 141 Å². The van der Waals surface area contributed by atoms with Crippen molar-refractivity contribution in [1.29, 1.82) is 0 Å². The predicted molar refractivity (Wildman–Crippen MR) is 89.8 cm³/mol. The van der Waals surface area contributed by atoms with Gasteiger partial charge in [0.2, 0.25) is 11.9 Å². The number of hydrogen-bond acceptors (Lipinski definition) is 3. The Hall–Kier alpha value is -2.40. The summed E-state index contributed by atoms with van der Waals surface area (Å²) in [6.07, 6.45) is 2.99. The van der Waals surface area contributed by atoms with Crippen LogP contribution in [0.2, 0.25) is 0 Å². The lowest BCUT2D eigenvalue weighted by Crippen LogP contribution is -3.19. The van der Waals surface area contributed by atoms with Gasteiger partial charge in [-0.3, -0.25) is 14.9 Å². The van der Waals surface area contributed by atoms with Gasteiger partial charge in [0.05, 0.1) is 19.4 Å². The van der Waals surface area contributed by atoms with Crippen molar-refractivity contribution in [3.63, 3.8) is 0 Å². The van der Waals surface area contributed by atoms with Gasteiger partial charge in [0.15, 0.2) is 5.76 Å². The fourth-order valence-corrected chi connectivity index (χ4v) is 3.15. The van der Waals surface area contributed by atoms with Crippen molar-refractivity contribution < 1.29 is 18.9 Å². The summed E-state index contributed by atoms with van der Waals surface area (Å²) in [4.78, 5) is 26.5. The number of piperidine rings is 1. The zero-order valence-electron chi connectivity index (χ0n) is 13.8. The number of carbonyl (C=O) groups excluding carboxylic acids is 2. The molecule has 2 aromatic rings. The molecular weight excluding hydrogens is 304 g/mol. The van der Waals surface area contributed by atoms with Gasteiger partial charge in [0, 0.05) is 5.56 Å². The van der Waals surface area contributed by atoms with E-state index in [9.17, 15) is 9.59 Å². The Bertz CT molecular complexity index is 674. The van der Waals surface area contributed by atoms with Gasteiger partial charge in [-0.2, -0.15) is 0 Å². The van der Waals surface area contributed by atoms with Crippen LogP contribution in [-0.2, 0) is 0 Å². The average molecular weight is 327 g/mol. The zero-order chi connectivity index (χ0) is 16.9. The molecule has 1 saturated heterocycles. The SMILES string of the molecule is CC1CC[NH+]([C@@H](NC(=O)c2ccco2)C(=O)c2ccccc2)CC1. The van der Waals surface area contributed by atoms with Crippen LogP contribution >= 0.6 is 0 Å². The van der Waals surface area contributed by atoms with Gasteiger partial charge in [0.1, 0.15) is 0 Å². The number of carbonyl (C=O) groups is 2. The summed E-state index contributed by atoms with van der Waals surface area (Å²) in [5, 5.41) is 2.88. The molecule has 24 heavy (non-hydrogen) atoms. The molecule has 1 aromatic carbocycles. The molecule has 1 fully saturated rings. The molecule has 0 unspecified atom stereocenters. The van der Waals surface area contributed by atoms with E-state index in [1.165, 1.54) is 6.26 Å². The second-order valence-electron chi connectivity index (χ2n) is 6.45. The first-order chi connectivity index (χ1) is 11.6. The zero-order valence-corrected chi connectivity index (χ0v) is 13.8. The highest BCUT2D eigenvalue weighted by atomic mass is 16.3. The fraction of sp³-hybridized carbons (Fsp3) is 0.368. The van der Waals surface area contributed by atoms with Crippen molar-refractivity contribution in [3.8, 4) is 0 Å². The van der Waals surface area contributed by atoms with E-state index in [1.807, 2.05) is 18.2 Å². The molecule has 1 aliphatic rings. The molecule has 1 amide bonds. The smallest absolute Gasteiger partial charge is 0.291 e. The highest BCUT2D eigenvalue weighted by molar-refractivity contribution is 6.02. The van der Waals surface area contributed by atoms with Gasteiger partial charge in [-0.25, -0.2) is 0 Å². The lowest BCUT2D eigenvalue weighted by molar-refractivity contribution is -0.923. The molecule has 2 N–H and O–H groups in total. The molecule has 0 bridgehead atoms. The number of furan rings is 1. The normalized spacial score (nSPS) is 21.9. The highest BCUT2D eigenvalue weighted by Gasteiger charge is 2.34. The maximum Gasteiger partial charge on any atom is 0.291 e. The maximum absolute atomic E-state index is 13.0. The number of Topliss-reactive ketones (excluding diaryl/α,β-unsaturated/α-hetero) is 1. The van der Waals surface area contributed by atoms with E-state index in [0.717, 1.165) is 30.8 Å². The van der Waals surface area contributed by atoms with Gasteiger partial charge in [-0.15, -0.1) is 0 Å². The minimum Gasteiger partial charge on any atom is -0.459 e. The number of quaternary nitrogens is 1. The van der Waals surface area contributed by atoms with Crippen molar-refractivity contribution in [1.82, 2.24) is 5.32 Å². The summed E-state index contributed by atoms with van der Waals surface area (Å²) in [6.45, 7) is 3.98. The molecule has 5 nitrogen and oxygen atoms in total. The van der Waals surface area contributed by atoms with Crippen LogP contribution in [0.4, 0.5) is 0 Å². The summed E-state index contributed by atoms with van der Waals surface area (Å²) in [5.74, 6) is 0.494. The molecule has 0 aliphatic carbocycles. The summed E-state index contributed by atoms with van der Waals surface area (Å²) >= 11 is 0. The molecule has 0 saturated carbocycles. The summed E-state index contributed by atoms with van der Waals surface area (Å²) in [5.41, 5.74) is 0.619. The standard InChI is InChI=1S/C19H22N2O3/c1-14-9-11-21(12-10-14)18(17(22)15-6-3-2-4-7-15)20-19(23)16-8-5-13-24-16/h2-8,13-14,18H,9-12H2,1H3,(H,20,23)/p+1/t18-/m1/s1. The van der Waals surface area contributed by atoms with Crippen molar-refractivity contribution in [2.24, 2.45) is 5.92 Å². The second-order valence-corrected chi connectivity index (χ2v) is 6.45. The molecule has 2 heterocycles. The monoisotopic (exact) mass is 327 g/mol. The van der Waals surface area contributed by atoms with Crippen LogP contribution in [0, 0.1) is 5.92 Å². The topological polar surface area (TPSA) is 63.8 Å². The van der Waals surface area contributed by atoms with Crippen LogP contribution in [0.3, 0.4) is 0 Å². The first kappa shape index (κ1) is 16.5. The molecular formula is C19H23N2O3+. The fourth-order valence-electron chi connectivity index (χ4n) is 3.15. The number of ketones is 1. The van der Waals surface area contributed by atoms with Crippen LogP contribution in [0.25, 0.3) is 0 Å². The minimum absolute atomic E-state index is 0.0555. The van der Waals surface area contributed by atoms with Crippen molar-refractivity contribution in [2.75, 3.05) is 13.1 Å². The molecule has 1 atom stereocenters. The third-order valence-electron chi connectivity index (χ3n) is 4.67. The van der Waals surface area contributed by atoms with Crippen molar-refractivity contribution in [3.05, 3.63) is 60.1 Å². The Morgan fingerprint density at radius 2 is 1.83 bits per heavy atom. The van der Waals surface area contributed by atoms with Crippen LogP contribution in [-0.4, -0.2) is 30.9 Å². The molecule has 1 aromatic heterocycles. The Kier molecular flexibility index (Phi) is 5.11. The van der Waals surface area contributed by atoms with Gasteiger partial charge >= 0.3 is 0 Å². The number of likely N-dealkylation sites (tertiary alicyclic amines) is 1. The van der Waals surface area contributed by atoms with Gasteiger partial charge in [-0.1, -0.05) is 37.3 Å². The van der Waals surface area contributed by atoms with Crippen LogP contribution < -0.4 is 10.2 Å². The van der Waals surface area contributed by atoms with E-state index in [1.54, 1.807) is 24.3 Å². The lowest BCUT2D eigenvalue weighted by Gasteiger charge is -2.33. The highest BCUT2D eigenvalue weighted by Crippen LogP contribution is 2.09. The number of benzene rings is 1. The summed E-state index contributed by atoms with van der Waals surface area (Å²) < 4.78 is 5.15. The third kappa shape index (κ3) is 3.74. The Morgan fingerprint density at radius 3 is 2.46 bits per heavy atom. The minimum atomic E-state index is -0.586. The van der Waals surface area contributed by atoms with Crippen molar-refractivity contribution in [2.45, 2.75) is 25.9 Å². The number of hydrogen-bond donors (Lipinski definition) is 2. The molecule has 5 heteroatoms. The van der Waals surface area contributed by atoms with E-state index in [2.05, 4.69) is 12.2 Å². The van der Waals surface area contributed by atoms with E-state index in [4.69, 9.17) is 4.42 Å². The predicted octanol–water partition coefficient (Wildman–Crippen LogP) is 1.53. The third-order valence-corrected chi connectivity index (χ3v) is 4.67. The van der Waals surface area contributed by atoms with Crippen molar-refractivity contribution >= 4 is 11.7 Å². The number of rotatable bonds is 5. The molecule has 1 aliphatic heterocycles. The van der Waals surface area contributed by atoms with Gasteiger partial charge in [0.25, 0.3) is 5.91 Å².